The average Bonchev–Trinajstić information content (AvgIpc) is 2.97. The van der Waals surface area contributed by atoms with Crippen molar-refractivity contribution in [2.24, 2.45) is 5.92 Å². The third-order valence-corrected chi connectivity index (χ3v) is 8.39. The fraction of sp³-hybridized carbons (Fsp3) is 0.679. The molecule has 0 bridgehead atoms. The highest BCUT2D eigenvalue weighted by Crippen LogP contribution is 2.42. The second kappa shape index (κ2) is 12.8. The van der Waals surface area contributed by atoms with E-state index in [0.717, 1.165) is 6.07 Å². The third-order valence-electron chi connectivity index (χ3n) is 8.39. The van der Waals surface area contributed by atoms with Crippen LogP contribution in [0.1, 0.15) is 36.5 Å². The maximum absolute atomic E-state index is 12.9. The number of aliphatic hydroxyl groups is 7. The fourth-order valence-electron chi connectivity index (χ4n) is 5.81. The minimum atomic E-state index is -1.76. The van der Waals surface area contributed by atoms with Crippen LogP contribution in [0, 0.1) is 5.92 Å². The quantitative estimate of drug-likeness (QED) is 0.177. The van der Waals surface area contributed by atoms with Crippen molar-refractivity contribution in [3.05, 3.63) is 29.5 Å². The molecule has 1 aromatic rings. The summed E-state index contributed by atoms with van der Waals surface area (Å²) in [7, 11) is 1.49. The van der Waals surface area contributed by atoms with Gasteiger partial charge >= 0.3 is 0 Å². The molecule has 5 rings (SSSR count). The lowest BCUT2D eigenvalue weighted by Crippen LogP contribution is -2.61. The van der Waals surface area contributed by atoms with Gasteiger partial charge in [0, 0.05) is 31.6 Å². The van der Waals surface area contributed by atoms with E-state index in [1.807, 2.05) is 0 Å². The number of aliphatic hydroxyl groups excluding tert-OH is 7. The number of carbonyl (C=O) groups is 1. The molecule has 2 fully saturated rings. The van der Waals surface area contributed by atoms with Crippen molar-refractivity contribution in [1.29, 1.82) is 0 Å². The first-order valence-corrected chi connectivity index (χ1v) is 14.1. The van der Waals surface area contributed by atoms with Crippen LogP contribution >= 0.6 is 0 Å². The normalized spacial score (nSPS) is 41.6. The number of hydrogen-bond donors (Lipinski definition) is 8. The van der Waals surface area contributed by atoms with Gasteiger partial charge in [-0.2, -0.15) is 0 Å². The maximum atomic E-state index is 12.9. The van der Waals surface area contributed by atoms with Crippen LogP contribution in [0.25, 0.3) is 0 Å². The molecule has 15 heteroatoms. The number of phenolic OH excluding ortho intramolecular Hbond substituents is 1. The molecule has 4 aliphatic rings. The second-order valence-electron chi connectivity index (χ2n) is 11.3. The van der Waals surface area contributed by atoms with Crippen LogP contribution in [0.2, 0.25) is 0 Å². The zero-order chi connectivity index (χ0) is 31.2. The summed E-state index contributed by atoms with van der Waals surface area (Å²) in [5.41, 5.74) is -0.0539. The molecule has 3 heterocycles. The average molecular weight is 615 g/mol. The van der Waals surface area contributed by atoms with Crippen molar-refractivity contribution in [2.75, 3.05) is 13.7 Å². The van der Waals surface area contributed by atoms with Crippen molar-refractivity contribution in [1.82, 2.24) is 0 Å². The van der Waals surface area contributed by atoms with E-state index in [0.29, 0.717) is 12.8 Å². The van der Waals surface area contributed by atoms with E-state index in [-0.39, 0.29) is 40.9 Å². The molecule has 1 aliphatic carbocycles. The number of benzene rings is 1. The summed E-state index contributed by atoms with van der Waals surface area (Å²) in [6.07, 6.45) is -13.2. The molecular formula is C28H38O15. The molecule has 3 aliphatic heterocycles. The molecule has 1 aromatic carbocycles. The first-order chi connectivity index (χ1) is 20.4. The molecule has 0 amide bonds. The molecule has 0 unspecified atom stereocenters. The molecule has 0 saturated carbocycles. The Morgan fingerprint density at radius 2 is 1.58 bits per heavy atom. The summed E-state index contributed by atoms with van der Waals surface area (Å²) < 4.78 is 33.5. The highest BCUT2D eigenvalue weighted by molar-refractivity contribution is 6.02. The SMILES string of the molecule is CO[C@@H]1CC[C@@H]([C@H]2CC(=O)c3c(O)cc(O[C@H]4O[C@@H](CO[C@H]5O[C@H](C)[C@@H](O)[C@H](O)[C@@H]5O)[C@H](O)[C@@H](O)[C@@H]4O)cc3O2)C=C1O. The zero-order valence-electron chi connectivity index (χ0n) is 23.5. The van der Waals surface area contributed by atoms with Gasteiger partial charge in [0.25, 0.3) is 0 Å². The standard InChI is InChI=1S/C28H38O15/c1-10-21(32)23(34)25(36)27(40-10)39-9-19-22(33)24(35)26(37)28(43-19)41-12-6-14(30)20-15(31)8-17(42-18(20)7-12)11-3-4-16(38-2)13(29)5-11/h5-7,10-11,16-17,19,21-30,32-37H,3-4,8-9H2,1-2H3/t10-,11-,16-,17-,19+,21-,22+,23+,24-,25+,26+,27+,28+/m1/s1. The van der Waals surface area contributed by atoms with Crippen LogP contribution in [0.4, 0.5) is 0 Å². The molecule has 43 heavy (non-hydrogen) atoms. The number of carbonyl (C=O) groups excluding carboxylic acids is 1. The van der Waals surface area contributed by atoms with Gasteiger partial charge in [-0.3, -0.25) is 4.79 Å². The van der Waals surface area contributed by atoms with Crippen LogP contribution in [0.3, 0.4) is 0 Å². The van der Waals surface area contributed by atoms with Crippen LogP contribution in [-0.4, -0.2) is 134 Å². The molecular weight excluding hydrogens is 576 g/mol. The first-order valence-electron chi connectivity index (χ1n) is 14.1. The molecule has 8 N–H and O–H groups in total. The molecule has 2 saturated heterocycles. The van der Waals surface area contributed by atoms with Crippen molar-refractivity contribution in [3.63, 3.8) is 0 Å². The predicted octanol–water partition coefficient (Wildman–Crippen LogP) is -1.38. The predicted molar refractivity (Wildman–Crippen MR) is 141 cm³/mol. The highest BCUT2D eigenvalue weighted by atomic mass is 16.7. The molecule has 0 aromatic heterocycles. The van der Waals surface area contributed by atoms with Gasteiger partial charge in [-0.1, -0.05) is 0 Å². The minimum Gasteiger partial charge on any atom is -0.510 e. The lowest BCUT2D eigenvalue weighted by molar-refractivity contribution is -0.318. The van der Waals surface area contributed by atoms with Crippen LogP contribution in [0.5, 0.6) is 17.2 Å². The third kappa shape index (κ3) is 6.33. The van der Waals surface area contributed by atoms with Gasteiger partial charge in [-0.05, 0) is 25.8 Å². The molecule has 0 radical (unpaired) electrons. The van der Waals surface area contributed by atoms with Gasteiger partial charge in [0.15, 0.2) is 12.1 Å². The van der Waals surface area contributed by atoms with Gasteiger partial charge in [0.1, 0.15) is 83.5 Å². The monoisotopic (exact) mass is 614 g/mol. The Hall–Kier alpha value is -2.57. The van der Waals surface area contributed by atoms with Crippen LogP contribution < -0.4 is 9.47 Å². The maximum Gasteiger partial charge on any atom is 0.229 e. The van der Waals surface area contributed by atoms with Crippen molar-refractivity contribution in [3.8, 4) is 17.2 Å². The smallest absolute Gasteiger partial charge is 0.229 e. The molecule has 240 valence electrons. The first kappa shape index (κ1) is 31.8. The Balaban J connectivity index is 1.28. The summed E-state index contributed by atoms with van der Waals surface area (Å²) in [6, 6.07) is 2.44. The Labute approximate surface area is 246 Å². The minimum absolute atomic E-state index is 0.0158. The lowest BCUT2D eigenvalue weighted by Gasteiger charge is -2.42. The Kier molecular flexibility index (Phi) is 9.48. The number of methoxy groups -OCH3 is 1. The molecule has 0 spiro atoms. The molecule has 15 nitrogen and oxygen atoms in total. The zero-order valence-corrected chi connectivity index (χ0v) is 23.5. The van der Waals surface area contributed by atoms with E-state index in [1.54, 1.807) is 6.08 Å². The number of aromatic hydroxyl groups is 1. The van der Waals surface area contributed by atoms with Gasteiger partial charge in [0.2, 0.25) is 6.29 Å². The fourth-order valence-corrected chi connectivity index (χ4v) is 5.81. The summed E-state index contributed by atoms with van der Waals surface area (Å²) >= 11 is 0. The second-order valence-corrected chi connectivity index (χ2v) is 11.3. The number of hydrogen-bond acceptors (Lipinski definition) is 15. The number of ketones is 1. The number of rotatable bonds is 7. The van der Waals surface area contributed by atoms with Gasteiger partial charge in [-0.15, -0.1) is 0 Å². The summed E-state index contributed by atoms with van der Waals surface area (Å²) in [5.74, 6) is -1.13. The highest BCUT2D eigenvalue weighted by Gasteiger charge is 2.47. The Morgan fingerprint density at radius 3 is 2.28 bits per heavy atom. The largest absolute Gasteiger partial charge is 0.510 e. The van der Waals surface area contributed by atoms with Crippen molar-refractivity contribution < 1.29 is 74.1 Å². The van der Waals surface area contributed by atoms with E-state index < -0.39 is 86.0 Å². The number of phenols is 1. The number of ether oxygens (including phenoxy) is 6. The van der Waals surface area contributed by atoms with E-state index in [1.165, 1.54) is 20.1 Å². The Morgan fingerprint density at radius 1 is 0.884 bits per heavy atom. The van der Waals surface area contributed by atoms with Crippen LogP contribution in [-0.2, 0) is 18.9 Å². The summed E-state index contributed by atoms with van der Waals surface area (Å²) in [4.78, 5) is 12.9. The van der Waals surface area contributed by atoms with Crippen molar-refractivity contribution in [2.45, 2.75) is 99.8 Å². The molecule has 13 atom stereocenters. The summed E-state index contributed by atoms with van der Waals surface area (Å²) in [5, 5.41) is 82.4. The van der Waals surface area contributed by atoms with E-state index >= 15 is 0 Å². The number of Topliss-reactive ketones (excluding diaryl/α,β-unsaturated/α-hetero) is 1. The van der Waals surface area contributed by atoms with Gasteiger partial charge < -0.3 is 69.3 Å². The van der Waals surface area contributed by atoms with E-state index in [4.69, 9.17) is 28.4 Å². The van der Waals surface area contributed by atoms with E-state index in [9.17, 15) is 45.6 Å². The number of fused-ring (bicyclic) bond motifs is 1. The van der Waals surface area contributed by atoms with Gasteiger partial charge in [0.05, 0.1) is 12.7 Å². The topological polar surface area (TPSA) is 234 Å². The summed E-state index contributed by atoms with van der Waals surface area (Å²) in [6.45, 7) is 0.981. The lowest BCUT2D eigenvalue weighted by atomic mass is 9.84. The van der Waals surface area contributed by atoms with E-state index in [2.05, 4.69) is 0 Å². The van der Waals surface area contributed by atoms with Gasteiger partial charge in [-0.25, -0.2) is 0 Å². The van der Waals surface area contributed by atoms with Crippen molar-refractivity contribution >= 4 is 5.78 Å². The Bertz CT molecular complexity index is 1190. The van der Waals surface area contributed by atoms with Crippen LogP contribution in [0.15, 0.2) is 24.0 Å².